The van der Waals surface area contributed by atoms with Crippen LogP contribution in [0.25, 0.3) is 11.3 Å². The highest BCUT2D eigenvalue weighted by Gasteiger charge is 2.15. The second kappa shape index (κ2) is 14.2. The molecule has 0 spiro atoms. The molecular formula is C23H32Cl2N4O2. The summed E-state index contributed by atoms with van der Waals surface area (Å²) >= 11 is 12.6. The Labute approximate surface area is 195 Å². The van der Waals surface area contributed by atoms with E-state index in [1.165, 1.54) is 32.1 Å². The van der Waals surface area contributed by atoms with E-state index in [-0.39, 0.29) is 0 Å². The van der Waals surface area contributed by atoms with E-state index < -0.39 is 0 Å². The molecule has 0 atom stereocenters. The highest BCUT2D eigenvalue weighted by molar-refractivity contribution is 6.36. The van der Waals surface area contributed by atoms with Gasteiger partial charge in [-0.25, -0.2) is 9.97 Å². The second-order valence-electron chi connectivity index (χ2n) is 7.53. The van der Waals surface area contributed by atoms with Gasteiger partial charge in [-0.2, -0.15) is 0 Å². The van der Waals surface area contributed by atoms with E-state index in [2.05, 4.69) is 20.6 Å². The molecule has 6 nitrogen and oxygen atoms in total. The summed E-state index contributed by atoms with van der Waals surface area (Å²) in [5.74, 6) is 2.12. The van der Waals surface area contributed by atoms with E-state index in [0.717, 1.165) is 44.0 Å². The highest BCUT2D eigenvalue weighted by Crippen LogP contribution is 2.33. The Morgan fingerprint density at radius 1 is 1.03 bits per heavy atom. The topological polar surface area (TPSA) is 76.1 Å². The fourth-order valence-electron chi connectivity index (χ4n) is 3.57. The first-order valence-electron chi connectivity index (χ1n) is 10.8. The summed E-state index contributed by atoms with van der Waals surface area (Å²) in [7, 11) is 1.81. The maximum atomic E-state index is 8.00. The van der Waals surface area contributed by atoms with E-state index in [1.807, 2.05) is 25.0 Å². The number of nitrogens with one attached hydrogen (secondary N) is 2. The Bertz CT molecular complexity index is 790. The van der Waals surface area contributed by atoms with E-state index in [9.17, 15) is 0 Å². The second-order valence-corrected chi connectivity index (χ2v) is 8.35. The largest absolute Gasteiger partial charge is 0.381 e. The molecular weight excluding hydrogens is 435 g/mol. The van der Waals surface area contributed by atoms with Gasteiger partial charge in [0.05, 0.1) is 15.7 Å². The number of aromatic nitrogens is 2. The van der Waals surface area contributed by atoms with Gasteiger partial charge in [-0.3, -0.25) is 0 Å². The normalized spacial score (nSPS) is 15.8. The highest BCUT2D eigenvalue weighted by atomic mass is 35.5. The summed E-state index contributed by atoms with van der Waals surface area (Å²) < 4.78 is 5.39. The van der Waals surface area contributed by atoms with Crippen LogP contribution in [0.2, 0.25) is 10.0 Å². The van der Waals surface area contributed by atoms with Crippen LogP contribution in [-0.4, -0.2) is 43.6 Å². The first kappa shape index (κ1) is 25.4. The first-order chi connectivity index (χ1) is 15.2. The molecule has 2 fully saturated rings. The van der Waals surface area contributed by atoms with Crippen LogP contribution in [0.5, 0.6) is 0 Å². The summed E-state index contributed by atoms with van der Waals surface area (Å²) in [4.78, 5) is 16.8. The fraction of sp³-hybridized carbons (Fsp3) is 0.522. The van der Waals surface area contributed by atoms with Crippen molar-refractivity contribution in [2.75, 3.05) is 37.4 Å². The average Bonchev–Trinajstić information content (AvgIpc) is 3.41. The van der Waals surface area contributed by atoms with Gasteiger partial charge in [0.15, 0.2) is 0 Å². The molecule has 1 saturated heterocycles. The van der Waals surface area contributed by atoms with Gasteiger partial charge in [0.2, 0.25) is 0 Å². The Morgan fingerprint density at radius 2 is 1.68 bits per heavy atom. The van der Waals surface area contributed by atoms with E-state index >= 15 is 0 Å². The van der Waals surface area contributed by atoms with Crippen molar-refractivity contribution < 1.29 is 9.53 Å². The third-order valence-electron chi connectivity index (χ3n) is 5.38. The predicted octanol–water partition coefficient (Wildman–Crippen LogP) is 6.10. The molecule has 170 valence electrons. The average molecular weight is 467 g/mol. The quantitative estimate of drug-likeness (QED) is 0.554. The maximum absolute atomic E-state index is 8.00. The standard InChI is InChI=1S/C17H20Cl2N4O.C5H10.CH2O/c1-20-16-8-12(14(19)10-22-16)17-13(18)2-3-15(23-17)21-9-11-4-6-24-7-5-11;1-2-4-5-3-1;1-2/h2-3,8,10-11H,4-7,9H2,1H3,(H,20,22)(H,21,23);1-5H2;1H2. The minimum atomic E-state index is 0.518. The number of pyridine rings is 2. The molecule has 2 aromatic rings. The third kappa shape index (κ3) is 8.28. The zero-order chi connectivity index (χ0) is 22.5. The molecule has 0 unspecified atom stereocenters. The van der Waals surface area contributed by atoms with Gasteiger partial charge in [0.25, 0.3) is 0 Å². The van der Waals surface area contributed by atoms with Crippen LogP contribution in [0.15, 0.2) is 24.4 Å². The van der Waals surface area contributed by atoms with Crippen molar-refractivity contribution in [1.29, 1.82) is 0 Å². The zero-order valence-electron chi connectivity index (χ0n) is 18.1. The minimum absolute atomic E-state index is 0.518. The third-order valence-corrected chi connectivity index (χ3v) is 5.98. The lowest BCUT2D eigenvalue weighted by Gasteiger charge is -2.22. The molecule has 2 N–H and O–H groups in total. The number of hydrogen-bond donors (Lipinski definition) is 2. The molecule has 0 bridgehead atoms. The zero-order valence-corrected chi connectivity index (χ0v) is 19.6. The number of carbonyl (C=O) groups excluding carboxylic acids is 1. The van der Waals surface area contributed by atoms with Crippen LogP contribution in [-0.2, 0) is 9.53 Å². The summed E-state index contributed by atoms with van der Waals surface area (Å²) in [6.07, 6.45) is 11.3. The number of carbonyl (C=O) groups is 1. The maximum Gasteiger partial charge on any atom is 0.126 e. The summed E-state index contributed by atoms with van der Waals surface area (Å²) in [5, 5.41) is 7.47. The summed E-state index contributed by atoms with van der Waals surface area (Å²) in [5.41, 5.74) is 1.41. The molecule has 1 saturated carbocycles. The molecule has 3 heterocycles. The summed E-state index contributed by atoms with van der Waals surface area (Å²) in [6, 6.07) is 5.57. The number of hydrogen-bond acceptors (Lipinski definition) is 6. The SMILES string of the molecule is C1CCCC1.C=O.CNc1cc(-c2nc(NCC3CCOCC3)ccc2Cl)c(Cl)cn1. The molecule has 1 aliphatic carbocycles. The van der Waals surface area contributed by atoms with Gasteiger partial charge in [-0.15, -0.1) is 0 Å². The van der Waals surface area contributed by atoms with Crippen molar-refractivity contribution in [2.24, 2.45) is 5.92 Å². The molecule has 31 heavy (non-hydrogen) atoms. The van der Waals surface area contributed by atoms with Crippen LogP contribution in [0.4, 0.5) is 11.6 Å². The van der Waals surface area contributed by atoms with Gasteiger partial charge in [-0.05, 0) is 37.0 Å². The number of nitrogens with zero attached hydrogens (tertiary/aromatic N) is 2. The lowest BCUT2D eigenvalue weighted by Crippen LogP contribution is -2.22. The van der Waals surface area contributed by atoms with Crippen LogP contribution < -0.4 is 10.6 Å². The smallest absolute Gasteiger partial charge is 0.126 e. The molecule has 4 rings (SSSR count). The molecule has 8 heteroatoms. The Balaban J connectivity index is 0.000000420. The van der Waals surface area contributed by atoms with Crippen LogP contribution in [0.3, 0.4) is 0 Å². The minimum Gasteiger partial charge on any atom is -0.381 e. The fourth-order valence-corrected chi connectivity index (χ4v) is 3.97. The van der Waals surface area contributed by atoms with Crippen molar-refractivity contribution >= 4 is 41.6 Å². The van der Waals surface area contributed by atoms with E-state index in [4.69, 9.17) is 32.7 Å². The summed E-state index contributed by atoms with van der Waals surface area (Å²) in [6.45, 7) is 4.55. The van der Waals surface area contributed by atoms with Crippen molar-refractivity contribution in [3.63, 3.8) is 0 Å². The van der Waals surface area contributed by atoms with E-state index in [0.29, 0.717) is 27.5 Å². The van der Waals surface area contributed by atoms with Crippen molar-refractivity contribution in [2.45, 2.75) is 44.9 Å². The molecule has 1 aliphatic heterocycles. The number of anilines is 2. The number of ether oxygens (including phenoxy) is 1. The predicted molar refractivity (Wildman–Crippen MR) is 129 cm³/mol. The van der Waals surface area contributed by atoms with Gasteiger partial charge >= 0.3 is 0 Å². The Hall–Kier alpha value is -1.89. The van der Waals surface area contributed by atoms with Gasteiger partial charge in [0, 0.05) is 38.6 Å². The van der Waals surface area contributed by atoms with Crippen molar-refractivity contribution in [3.05, 3.63) is 34.4 Å². The number of rotatable bonds is 5. The lowest BCUT2D eigenvalue weighted by atomic mass is 10.0. The van der Waals surface area contributed by atoms with Crippen molar-refractivity contribution in [3.8, 4) is 11.3 Å². The first-order valence-corrected chi connectivity index (χ1v) is 11.5. The Kier molecular flexibility index (Phi) is 11.6. The van der Waals surface area contributed by atoms with Gasteiger partial charge < -0.3 is 20.2 Å². The molecule has 2 aliphatic rings. The van der Waals surface area contributed by atoms with Crippen LogP contribution >= 0.6 is 23.2 Å². The Morgan fingerprint density at radius 3 is 2.29 bits per heavy atom. The molecule has 2 aromatic heterocycles. The monoisotopic (exact) mass is 466 g/mol. The van der Waals surface area contributed by atoms with Crippen LogP contribution in [0.1, 0.15) is 44.9 Å². The molecule has 0 radical (unpaired) electrons. The molecule has 0 amide bonds. The van der Waals surface area contributed by atoms with E-state index in [1.54, 1.807) is 13.2 Å². The van der Waals surface area contributed by atoms with Gasteiger partial charge in [0.1, 0.15) is 18.4 Å². The van der Waals surface area contributed by atoms with Crippen molar-refractivity contribution in [1.82, 2.24) is 9.97 Å². The lowest BCUT2D eigenvalue weighted by molar-refractivity contribution is -0.0979. The number of halogens is 2. The van der Waals surface area contributed by atoms with Crippen LogP contribution in [0, 0.1) is 5.92 Å². The molecule has 0 aromatic carbocycles. The van der Waals surface area contributed by atoms with Gasteiger partial charge in [-0.1, -0.05) is 55.3 Å².